The van der Waals surface area contributed by atoms with Gasteiger partial charge in [0.2, 0.25) is 5.89 Å². The molecule has 2 heterocycles. The number of ether oxygens (including phenoxy) is 3. The fourth-order valence-electron chi connectivity index (χ4n) is 3.47. The summed E-state index contributed by atoms with van der Waals surface area (Å²) in [5, 5.41) is 8.15. The van der Waals surface area contributed by atoms with E-state index in [-0.39, 0.29) is 27.3 Å². The van der Waals surface area contributed by atoms with Gasteiger partial charge in [0, 0.05) is 18.5 Å². The maximum Gasteiger partial charge on any atom is 0.573 e. The molecule has 1 amide bonds. The monoisotopic (exact) mass is 736 g/mol. The molecule has 0 aliphatic rings. The average molecular weight is 737 g/mol. The van der Waals surface area contributed by atoms with Gasteiger partial charge in [-0.15, -0.1) is 34.5 Å². The van der Waals surface area contributed by atoms with E-state index < -0.39 is 49.9 Å². The minimum atomic E-state index is -5.15. The predicted molar refractivity (Wildman–Crippen MR) is 163 cm³/mol. The smallest absolute Gasteiger partial charge is 0.479 e. The first kappa shape index (κ1) is 37.5. The summed E-state index contributed by atoms with van der Waals surface area (Å²) in [5.74, 6) is 1.26. The molecule has 0 saturated heterocycles. The van der Waals surface area contributed by atoms with Gasteiger partial charge in [-0.3, -0.25) is 0 Å². The summed E-state index contributed by atoms with van der Waals surface area (Å²) in [4.78, 5) is 34.9. The lowest BCUT2D eigenvalue weighted by Crippen LogP contribution is -2.40. The Labute approximate surface area is 279 Å². The summed E-state index contributed by atoms with van der Waals surface area (Å²) < 4.78 is 84.0. The number of hydrogen-bond donors (Lipinski definition) is 1. The highest BCUT2D eigenvalue weighted by Crippen LogP contribution is 2.33. The molecule has 0 unspecified atom stereocenters. The fraction of sp³-hybridized carbons (Fsp3) is 0.296. The van der Waals surface area contributed by atoms with Gasteiger partial charge in [0.05, 0.1) is 22.8 Å². The third kappa shape index (κ3) is 8.90. The van der Waals surface area contributed by atoms with Crippen LogP contribution in [-0.2, 0) is 22.5 Å². The minimum Gasteiger partial charge on any atom is -0.479 e. The normalized spacial score (nSPS) is 11.6. The van der Waals surface area contributed by atoms with Gasteiger partial charge in [0.15, 0.2) is 0 Å². The van der Waals surface area contributed by atoms with Gasteiger partial charge in [0.1, 0.15) is 23.0 Å². The van der Waals surface area contributed by atoms with Crippen molar-refractivity contribution >= 4 is 39.3 Å². The molecule has 2 aromatic carbocycles. The topological polar surface area (TPSA) is 179 Å². The van der Waals surface area contributed by atoms with E-state index in [2.05, 4.69) is 20.9 Å². The zero-order valence-corrected chi connectivity index (χ0v) is 27.8. The molecule has 4 aromatic rings. The molecule has 0 atom stereocenters. The Bertz CT molecular complexity index is 2090. The van der Waals surface area contributed by atoms with Crippen molar-refractivity contribution in [1.82, 2.24) is 28.9 Å². The van der Waals surface area contributed by atoms with Crippen molar-refractivity contribution < 1.29 is 45.0 Å². The fourth-order valence-corrected chi connectivity index (χ4v) is 5.04. The first-order valence-electron chi connectivity index (χ1n) is 13.0. The van der Waals surface area contributed by atoms with E-state index in [0.29, 0.717) is 17.3 Å². The molecule has 0 aliphatic heterocycles. The minimum absolute atomic E-state index is 0.0434. The number of nitrogens with one attached hydrogen (secondary N) is 1. The second-order valence-corrected chi connectivity index (χ2v) is 12.7. The van der Waals surface area contributed by atoms with E-state index in [1.54, 1.807) is 0 Å². The van der Waals surface area contributed by atoms with Crippen LogP contribution in [0, 0.1) is 12.3 Å². The largest absolute Gasteiger partial charge is 0.573 e. The number of sulfonamides is 1. The van der Waals surface area contributed by atoms with Gasteiger partial charge in [0.25, 0.3) is 10.0 Å². The molecule has 1 N–H and O–H groups in total. The second-order valence-electron chi connectivity index (χ2n) is 10.2. The van der Waals surface area contributed by atoms with Crippen LogP contribution < -0.4 is 30.4 Å². The number of rotatable bonds is 7. The van der Waals surface area contributed by atoms with Crippen molar-refractivity contribution in [3.05, 3.63) is 73.4 Å². The number of methoxy groups -OCH3 is 1. The molecule has 258 valence electrons. The van der Waals surface area contributed by atoms with Crippen LogP contribution in [0.2, 0.25) is 10.0 Å². The number of alkyl halides is 3. The first-order valence-corrected chi connectivity index (χ1v) is 15.2. The predicted octanol–water partition coefficient (Wildman–Crippen LogP) is 3.88. The molecule has 0 spiro atoms. The van der Waals surface area contributed by atoms with Gasteiger partial charge in [-0.25, -0.2) is 32.1 Å². The Hall–Kier alpha value is -4.93. The van der Waals surface area contributed by atoms with Crippen molar-refractivity contribution in [2.75, 3.05) is 13.7 Å². The number of amides is 1. The third-order valence-electron chi connectivity index (χ3n) is 5.63. The molecular weight excluding hydrogens is 712 g/mol. The van der Waals surface area contributed by atoms with Crippen LogP contribution in [0.25, 0.3) is 5.69 Å². The first-order chi connectivity index (χ1) is 22.2. The Balaban J connectivity index is 0.000000264. The highest BCUT2D eigenvalue weighted by Gasteiger charge is 2.35. The number of halogens is 5. The Morgan fingerprint density at radius 1 is 1.08 bits per heavy atom. The van der Waals surface area contributed by atoms with Crippen LogP contribution in [0.4, 0.5) is 18.0 Å². The van der Waals surface area contributed by atoms with Crippen molar-refractivity contribution in [2.24, 2.45) is 7.05 Å². The molecule has 48 heavy (non-hydrogen) atoms. The highest BCUT2D eigenvalue weighted by atomic mass is 35.5. The number of terminal acetylenes is 1. The van der Waals surface area contributed by atoms with Crippen LogP contribution in [0.3, 0.4) is 0 Å². The van der Waals surface area contributed by atoms with Gasteiger partial charge in [-0.2, -0.15) is 4.68 Å². The number of nitrogens with zero attached hydrogens (tertiary/aromatic N) is 5. The SMILES string of the molecule is C#CCOc1cc(-n2nc(C(C)(C)C)oc2=O)c(Cl)cc1Cl.COc1nn(C(=O)NS(=O)(=O)c2ccccc2OC(F)(F)F)c(=O)n1C. The van der Waals surface area contributed by atoms with E-state index in [9.17, 15) is 36.0 Å². The maximum atomic E-state index is 12.4. The number of benzene rings is 2. The van der Waals surface area contributed by atoms with Gasteiger partial charge in [-0.05, 0) is 18.2 Å². The van der Waals surface area contributed by atoms with Gasteiger partial charge >= 0.3 is 29.8 Å². The van der Waals surface area contributed by atoms with Crippen molar-refractivity contribution in [1.29, 1.82) is 0 Å². The molecule has 0 fully saturated rings. The summed E-state index contributed by atoms with van der Waals surface area (Å²) in [6, 6.07) is 4.93. The molecular formula is C27H25Cl2F3N6O9S. The summed E-state index contributed by atoms with van der Waals surface area (Å²) >= 11 is 12.2. The Morgan fingerprint density at radius 3 is 2.27 bits per heavy atom. The number of hydrogen-bond acceptors (Lipinski definition) is 11. The number of para-hydroxylation sites is 1. The van der Waals surface area contributed by atoms with Crippen molar-refractivity contribution in [2.45, 2.75) is 37.4 Å². The molecule has 0 saturated carbocycles. The Kier molecular flexibility index (Phi) is 11.3. The summed E-state index contributed by atoms with van der Waals surface area (Å²) in [5.41, 5.74) is -1.14. The maximum absolute atomic E-state index is 12.4. The molecule has 0 aliphatic carbocycles. The second kappa shape index (κ2) is 14.5. The van der Waals surface area contributed by atoms with Gasteiger partial charge < -0.3 is 18.6 Å². The van der Waals surface area contributed by atoms with Crippen molar-refractivity contribution in [3.8, 4) is 35.5 Å². The van der Waals surface area contributed by atoms with E-state index in [0.717, 1.165) is 40.6 Å². The lowest BCUT2D eigenvalue weighted by atomic mass is 9.97. The molecule has 0 radical (unpaired) electrons. The molecule has 0 bridgehead atoms. The Morgan fingerprint density at radius 2 is 1.73 bits per heavy atom. The highest BCUT2D eigenvalue weighted by molar-refractivity contribution is 7.90. The molecule has 2 aromatic heterocycles. The van der Waals surface area contributed by atoms with Gasteiger partial charge in [-0.1, -0.05) is 62.0 Å². The lowest BCUT2D eigenvalue weighted by molar-refractivity contribution is -0.275. The number of aromatic nitrogens is 5. The van der Waals surface area contributed by atoms with Crippen LogP contribution in [-0.4, -0.2) is 58.7 Å². The standard InChI is InChI=1S/C15H14Cl2N2O3.C12H11F3N4O6S/c1-5-6-21-12-8-11(9(16)7-10(12)17)19-14(20)22-13(18-19)15(2,3)4;1-18-10(24-2)16-19(11(18)21)9(20)17-26(22,23)8-6-4-3-5-7(8)25-12(13,14)15/h1,7-8H,6H2,2-4H3;3-6H,1-2H3,(H,17,20). The van der Waals surface area contributed by atoms with E-state index >= 15 is 0 Å². The van der Waals surface area contributed by atoms with Crippen LogP contribution in [0.1, 0.15) is 26.7 Å². The molecule has 4 rings (SSSR count). The number of carbonyl (C=O) groups is 1. The number of carbonyl (C=O) groups excluding carboxylic acids is 1. The van der Waals surface area contributed by atoms with E-state index in [4.69, 9.17) is 43.5 Å². The summed E-state index contributed by atoms with van der Waals surface area (Å²) in [6.45, 7) is 5.69. The molecule has 15 nitrogen and oxygen atoms in total. The zero-order valence-electron chi connectivity index (χ0n) is 25.5. The average Bonchev–Trinajstić information content (AvgIpc) is 3.51. The lowest BCUT2D eigenvalue weighted by Gasteiger charge is -2.13. The third-order valence-corrected chi connectivity index (χ3v) is 7.59. The van der Waals surface area contributed by atoms with Crippen LogP contribution in [0.15, 0.2) is 55.3 Å². The zero-order chi connectivity index (χ0) is 36.2. The van der Waals surface area contributed by atoms with Crippen LogP contribution in [0.5, 0.6) is 17.5 Å². The summed E-state index contributed by atoms with van der Waals surface area (Å²) in [6.07, 6.45) is 0.00225. The molecule has 21 heteroatoms. The van der Waals surface area contributed by atoms with Crippen molar-refractivity contribution in [3.63, 3.8) is 0 Å². The summed E-state index contributed by atoms with van der Waals surface area (Å²) in [7, 11) is -2.45. The van der Waals surface area contributed by atoms with Crippen LogP contribution >= 0.6 is 23.2 Å². The van der Waals surface area contributed by atoms with E-state index in [1.807, 2.05) is 20.8 Å². The quantitative estimate of drug-likeness (QED) is 0.272. The van der Waals surface area contributed by atoms with E-state index in [1.165, 1.54) is 23.9 Å².